The number of methoxy groups -OCH3 is 2. The molecule has 0 aliphatic carbocycles. The number of anilines is 2. The van der Waals surface area contributed by atoms with Crippen LogP contribution >= 0.6 is 12.4 Å². The average Bonchev–Trinajstić information content (AvgIpc) is 2.73. The molecule has 0 aliphatic rings. The zero-order valence-electron chi connectivity index (χ0n) is 16.0. The Morgan fingerprint density at radius 3 is 2.29 bits per heavy atom. The van der Waals surface area contributed by atoms with Crippen molar-refractivity contribution in [1.82, 2.24) is 9.97 Å². The first-order valence-electron chi connectivity index (χ1n) is 8.88. The van der Waals surface area contributed by atoms with E-state index in [1.807, 2.05) is 12.1 Å². The third-order valence-corrected chi connectivity index (χ3v) is 4.74. The fraction of sp³-hybridized carbons (Fsp3) is 0.182. The van der Waals surface area contributed by atoms with Crippen LogP contribution in [0.5, 0.6) is 11.5 Å². The molecular formula is C22H22ClN3O2. The number of nitrogens with zero attached hydrogens (tertiary/aromatic N) is 3. The first-order chi connectivity index (χ1) is 13.2. The van der Waals surface area contributed by atoms with E-state index < -0.39 is 0 Å². The van der Waals surface area contributed by atoms with Crippen molar-refractivity contribution in [2.75, 3.05) is 25.7 Å². The first-order valence-corrected chi connectivity index (χ1v) is 8.88. The van der Waals surface area contributed by atoms with Gasteiger partial charge in [-0.2, -0.15) is 0 Å². The molecule has 4 aromatic rings. The molecule has 4 rings (SSSR count). The van der Waals surface area contributed by atoms with Gasteiger partial charge in [0.1, 0.15) is 12.1 Å². The van der Waals surface area contributed by atoms with Gasteiger partial charge in [0.05, 0.1) is 19.7 Å². The quantitative estimate of drug-likeness (QED) is 0.454. The Labute approximate surface area is 170 Å². The molecule has 1 heterocycles. The standard InChI is InChI=1S/C22H21N3O2.ClH/c1-4-25(17-10-9-15-7-5-6-8-16(15)11-17)22-18-12-20(26-2)21(27-3)13-19(18)23-14-24-22;/h5-14H,4H2,1-3H3;1H. The predicted molar refractivity (Wildman–Crippen MR) is 117 cm³/mol. The van der Waals surface area contributed by atoms with Crippen molar-refractivity contribution in [3.05, 3.63) is 60.9 Å². The summed E-state index contributed by atoms with van der Waals surface area (Å²) >= 11 is 0. The van der Waals surface area contributed by atoms with Crippen LogP contribution < -0.4 is 14.4 Å². The summed E-state index contributed by atoms with van der Waals surface area (Å²) in [7, 11) is 3.26. The summed E-state index contributed by atoms with van der Waals surface area (Å²) < 4.78 is 10.9. The van der Waals surface area contributed by atoms with Crippen molar-refractivity contribution < 1.29 is 9.47 Å². The van der Waals surface area contributed by atoms with Gasteiger partial charge in [0.25, 0.3) is 0 Å². The molecule has 0 radical (unpaired) electrons. The molecule has 0 fully saturated rings. The largest absolute Gasteiger partial charge is 0.493 e. The molecule has 0 saturated heterocycles. The highest BCUT2D eigenvalue weighted by Crippen LogP contribution is 2.37. The van der Waals surface area contributed by atoms with Gasteiger partial charge >= 0.3 is 0 Å². The average molecular weight is 396 g/mol. The Bertz CT molecular complexity index is 1120. The van der Waals surface area contributed by atoms with Crippen LogP contribution in [0.15, 0.2) is 60.9 Å². The van der Waals surface area contributed by atoms with Gasteiger partial charge in [-0.25, -0.2) is 9.97 Å². The lowest BCUT2D eigenvalue weighted by molar-refractivity contribution is 0.356. The van der Waals surface area contributed by atoms with Crippen LogP contribution in [-0.4, -0.2) is 30.7 Å². The SMILES string of the molecule is CCN(c1ccc2ccccc2c1)c1ncnc2cc(OC)c(OC)cc12.Cl. The second kappa shape index (κ2) is 8.31. The zero-order chi connectivity index (χ0) is 18.8. The maximum atomic E-state index is 5.48. The molecule has 28 heavy (non-hydrogen) atoms. The minimum atomic E-state index is 0. The van der Waals surface area contributed by atoms with Crippen molar-refractivity contribution in [2.45, 2.75) is 6.92 Å². The van der Waals surface area contributed by atoms with Gasteiger partial charge in [0.2, 0.25) is 0 Å². The molecule has 6 heteroatoms. The van der Waals surface area contributed by atoms with Crippen LogP contribution in [0.25, 0.3) is 21.7 Å². The third kappa shape index (κ3) is 3.41. The lowest BCUT2D eigenvalue weighted by Crippen LogP contribution is -2.18. The van der Waals surface area contributed by atoms with Gasteiger partial charge in [-0.15, -0.1) is 12.4 Å². The molecule has 0 aliphatic heterocycles. The summed E-state index contributed by atoms with van der Waals surface area (Å²) in [4.78, 5) is 11.2. The lowest BCUT2D eigenvalue weighted by Gasteiger charge is -2.24. The highest BCUT2D eigenvalue weighted by atomic mass is 35.5. The first kappa shape index (κ1) is 19.7. The number of aromatic nitrogens is 2. The molecule has 1 aromatic heterocycles. The van der Waals surface area contributed by atoms with Crippen LogP contribution in [0.1, 0.15) is 6.92 Å². The molecule has 0 unspecified atom stereocenters. The van der Waals surface area contributed by atoms with Crippen molar-refractivity contribution in [2.24, 2.45) is 0 Å². The van der Waals surface area contributed by atoms with Gasteiger partial charge in [-0.3, -0.25) is 0 Å². The number of rotatable bonds is 5. The number of ether oxygens (including phenoxy) is 2. The normalized spacial score (nSPS) is 10.5. The number of benzene rings is 3. The second-order valence-corrected chi connectivity index (χ2v) is 6.20. The Kier molecular flexibility index (Phi) is 5.85. The van der Waals surface area contributed by atoms with E-state index in [0.717, 1.165) is 29.0 Å². The monoisotopic (exact) mass is 395 g/mol. The topological polar surface area (TPSA) is 47.5 Å². The van der Waals surface area contributed by atoms with Crippen LogP contribution in [0, 0.1) is 0 Å². The Hall–Kier alpha value is -3.05. The van der Waals surface area contributed by atoms with Gasteiger partial charge in [0, 0.05) is 23.7 Å². The highest BCUT2D eigenvalue weighted by Gasteiger charge is 2.16. The molecule has 5 nitrogen and oxygen atoms in total. The molecular weight excluding hydrogens is 374 g/mol. The molecule has 144 valence electrons. The van der Waals surface area contributed by atoms with Crippen LogP contribution in [0.3, 0.4) is 0 Å². The molecule has 3 aromatic carbocycles. The summed E-state index contributed by atoms with van der Waals surface area (Å²) in [5.41, 5.74) is 1.91. The summed E-state index contributed by atoms with van der Waals surface area (Å²) in [5, 5.41) is 3.34. The number of hydrogen-bond donors (Lipinski definition) is 0. The molecule has 0 spiro atoms. The summed E-state index contributed by atoms with van der Waals surface area (Å²) in [5.74, 6) is 2.16. The van der Waals surface area contributed by atoms with Crippen molar-refractivity contribution in [3.63, 3.8) is 0 Å². The number of hydrogen-bond acceptors (Lipinski definition) is 5. The van der Waals surface area contributed by atoms with E-state index in [9.17, 15) is 0 Å². The summed E-state index contributed by atoms with van der Waals surface area (Å²) in [6.07, 6.45) is 1.59. The molecule has 0 bridgehead atoms. The van der Waals surface area contributed by atoms with Gasteiger partial charge in [-0.1, -0.05) is 30.3 Å². The van der Waals surface area contributed by atoms with Crippen molar-refractivity contribution in [1.29, 1.82) is 0 Å². The molecule has 0 atom stereocenters. The summed E-state index contributed by atoms with van der Waals surface area (Å²) in [6, 6.07) is 18.6. The minimum Gasteiger partial charge on any atom is -0.493 e. The lowest BCUT2D eigenvalue weighted by atomic mass is 10.1. The molecule has 0 saturated carbocycles. The zero-order valence-corrected chi connectivity index (χ0v) is 16.9. The van der Waals surface area contributed by atoms with E-state index in [1.165, 1.54) is 10.8 Å². The fourth-order valence-corrected chi connectivity index (χ4v) is 3.38. The smallest absolute Gasteiger partial charge is 0.162 e. The van der Waals surface area contributed by atoms with Crippen molar-refractivity contribution >= 4 is 45.6 Å². The number of halogens is 1. The fourth-order valence-electron chi connectivity index (χ4n) is 3.38. The van der Waals surface area contributed by atoms with E-state index in [0.29, 0.717) is 11.5 Å². The summed E-state index contributed by atoms with van der Waals surface area (Å²) in [6.45, 7) is 2.89. The Balaban J connectivity index is 0.00000225. The molecule has 0 amide bonds. The van der Waals surface area contributed by atoms with Crippen LogP contribution in [0.2, 0.25) is 0 Å². The highest BCUT2D eigenvalue weighted by molar-refractivity contribution is 5.95. The van der Waals surface area contributed by atoms with E-state index >= 15 is 0 Å². The van der Waals surface area contributed by atoms with Gasteiger partial charge in [0.15, 0.2) is 11.5 Å². The van der Waals surface area contributed by atoms with E-state index in [-0.39, 0.29) is 12.4 Å². The van der Waals surface area contributed by atoms with Gasteiger partial charge in [-0.05, 0) is 35.9 Å². The van der Waals surface area contributed by atoms with Crippen LogP contribution in [-0.2, 0) is 0 Å². The van der Waals surface area contributed by atoms with Gasteiger partial charge < -0.3 is 14.4 Å². The third-order valence-electron chi connectivity index (χ3n) is 4.74. The van der Waals surface area contributed by atoms with Crippen molar-refractivity contribution in [3.8, 4) is 11.5 Å². The maximum absolute atomic E-state index is 5.48. The number of fused-ring (bicyclic) bond motifs is 2. The molecule has 0 N–H and O–H groups in total. The minimum absolute atomic E-state index is 0. The van der Waals surface area contributed by atoms with E-state index in [4.69, 9.17) is 9.47 Å². The maximum Gasteiger partial charge on any atom is 0.162 e. The Morgan fingerprint density at radius 2 is 1.57 bits per heavy atom. The van der Waals surface area contributed by atoms with Crippen LogP contribution in [0.4, 0.5) is 11.5 Å². The van der Waals surface area contributed by atoms with E-state index in [1.54, 1.807) is 20.5 Å². The predicted octanol–water partition coefficient (Wildman–Crippen LogP) is 5.38. The van der Waals surface area contributed by atoms with E-state index in [2.05, 4.69) is 64.3 Å². The Morgan fingerprint density at radius 1 is 0.857 bits per heavy atom. The second-order valence-electron chi connectivity index (χ2n) is 6.20.